The second kappa shape index (κ2) is 5.26. The molecule has 3 rings (SSSR count). The molecular formula is C17H22N2O2. The van der Waals surface area contributed by atoms with Crippen molar-refractivity contribution in [2.24, 2.45) is 5.41 Å². The molecule has 2 aromatic rings. The Kier molecular flexibility index (Phi) is 3.57. The Balaban J connectivity index is 1.70. The number of rotatable bonds is 3. The monoisotopic (exact) mass is 286 g/mol. The van der Waals surface area contributed by atoms with E-state index in [2.05, 4.69) is 34.4 Å². The van der Waals surface area contributed by atoms with Gasteiger partial charge in [-0.15, -0.1) is 0 Å². The molecular weight excluding hydrogens is 264 g/mol. The summed E-state index contributed by atoms with van der Waals surface area (Å²) in [6.07, 6.45) is 1.87. The van der Waals surface area contributed by atoms with Crippen molar-refractivity contribution in [2.75, 3.05) is 0 Å². The van der Waals surface area contributed by atoms with Gasteiger partial charge in [-0.3, -0.25) is 0 Å². The van der Waals surface area contributed by atoms with E-state index in [0.29, 0.717) is 18.2 Å². The lowest BCUT2D eigenvalue weighted by molar-refractivity contribution is 0.0565. The molecule has 0 aliphatic heterocycles. The molecule has 112 valence electrons. The standard InChI is InChI=1S/C17H22N2O2/c1-17(2,3)14(20)10-15-18-16(19-21-15)13-8-11-6-4-5-7-12(11)9-13/h4-7,13-14,20H,8-10H2,1-3H3. The summed E-state index contributed by atoms with van der Waals surface area (Å²) in [4.78, 5) is 4.49. The lowest BCUT2D eigenvalue weighted by Gasteiger charge is -2.24. The van der Waals surface area contributed by atoms with Gasteiger partial charge in [0.05, 0.1) is 12.5 Å². The Morgan fingerprint density at radius 2 is 1.86 bits per heavy atom. The first kappa shape index (κ1) is 14.3. The van der Waals surface area contributed by atoms with Crippen LogP contribution in [0.2, 0.25) is 0 Å². The van der Waals surface area contributed by atoms with Crippen LogP contribution in [-0.2, 0) is 19.3 Å². The average molecular weight is 286 g/mol. The summed E-state index contributed by atoms with van der Waals surface area (Å²) < 4.78 is 5.32. The van der Waals surface area contributed by atoms with Gasteiger partial charge in [-0.05, 0) is 29.4 Å². The van der Waals surface area contributed by atoms with Gasteiger partial charge >= 0.3 is 0 Å². The summed E-state index contributed by atoms with van der Waals surface area (Å²) in [7, 11) is 0. The third-order valence-electron chi connectivity index (χ3n) is 4.27. The Hall–Kier alpha value is -1.68. The van der Waals surface area contributed by atoms with Gasteiger partial charge < -0.3 is 9.63 Å². The summed E-state index contributed by atoms with van der Waals surface area (Å²) in [5.74, 6) is 1.59. The zero-order chi connectivity index (χ0) is 15.0. The summed E-state index contributed by atoms with van der Waals surface area (Å²) in [5, 5.41) is 14.2. The van der Waals surface area contributed by atoms with Crippen molar-refractivity contribution >= 4 is 0 Å². The predicted octanol–water partition coefficient (Wildman–Crippen LogP) is 2.90. The van der Waals surface area contributed by atoms with Crippen molar-refractivity contribution in [1.82, 2.24) is 10.1 Å². The molecule has 0 fully saturated rings. The minimum absolute atomic E-state index is 0.182. The van der Waals surface area contributed by atoms with Gasteiger partial charge in [0.2, 0.25) is 5.89 Å². The maximum absolute atomic E-state index is 10.1. The Morgan fingerprint density at radius 3 is 2.43 bits per heavy atom. The van der Waals surface area contributed by atoms with Crippen LogP contribution < -0.4 is 0 Å². The number of nitrogens with zero attached hydrogens (tertiary/aromatic N) is 2. The number of hydrogen-bond donors (Lipinski definition) is 1. The highest BCUT2D eigenvalue weighted by atomic mass is 16.5. The number of hydrogen-bond acceptors (Lipinski definition) is 4. The normalized spacial score (nSPS) is 17.0. The van der Waals surface area contributed by atoms with Crippen molar-refractivity contribution in [3.8, 4) is 0 Å². The van der Waals surface area contributed by atoms with Crippen LogP contribution in [0.5, 0.6) is 0 Å². The number of benzene rings is 1. The molecule has 0 saturated heterocycles. The molecule has 21 heavy (non-hydrogen) atoms. The summed E-state index contributed by atoms with van der Waals surface area (Å²) in [5.41, 5.74) is 2.57. The molecule has 0 radical (unpaired) electrons. The van der Waals surface area contributed by atoms with E-state index >= 15 is 0 Å². The lowest BCUT2D eigenvalue weighted by Crippen LogP contribution is -2.28. The molecule has 4 heteroatoms. The van der Waals surface area contributed by atoms with Crippen LogP contribution in [0.1, 0.15) is 49.5 Å². The fourth-order valence-electron chi connectivity index (χ4n) is 2.73. The van der Waals surface area contributed by atoms with E-state index in [4.69, 9.17) is 4.52 Å². The van der Waals surface area contributed by atoms with E-state index < -0.39 is 6.10 Å². The minimum Gasteiger partial charge on any atom is -0.392 e. The highest BCUT2D eigenvalue weighted by molar-refractivity contribution is 5.34. The molecule has 1 unspecified atom stereocenters. The highest BCUT2D eigenvalue weighted by Gasteiger charge is 2.28. The Bertz CT molecular complexity index is 603. The van der Waals surface area contributed by atoms with E-state index in [1.807, 2.05) is 20.8 Å². The molecule has 0 spiro atoms. The number of aliphatic hydroxyl groups excluding tert-OH is 1. The number of aliphatic hydroxyl groups is 1. The van der Waals surface area contributed by atoms with E-state index in [0.717, 1.165) is 18.7 Å². The topological polar surface area (TPSA) is 59.2 Å². The van der Waals surface area contributed by atoms with Gasteiger partial charge in [-0.2, -0.15) is 4.98 Å². The molecule has 1 N–H and O–H groups in total. The predicted molar refractivity (Wildman–Crippen MR) is 80.1 cm³/mol. The summed E-state index contributed by atoms with van der Waals surface area (Å²) in [6.45, 7) is 6.01. The number of fused-ring (bicyclic) bond motifs is 1. The molecule has 4 nitrogen and oxygen atoms in total. The molecule has 0 amide bonds. The molecule has 1 aliphatic carbocycles. The first-order chi connectivity index (χ1) is 9.93. The van der Waals surface area contributed by atoms with Crippen LogP contribution in [0.25, 0.3) is 0 Å². The average Bonchev–Trinajstić information content (AvgIpc) is 3.02. The minimum atomic E-state index is -0.480. The zero-order valence-corrected chi connectivity index (χ0v) is 12.8. The quantitative estimate of drug-likeness (QED) is 0.942. The van der Waals surface area contributed by atoms with Gasteiger partial charge in [0, 0.05) is 5.92 Å². The highest BCUT2D eigenvalue weighted by Crippen LogP contribution is 2.32. The van der Waals surface area contributed by atoms with Gasteiger partial charge in [0.1, 0.15) is 0 Å². The molecule has 0 bridgehead atoms. The maximum atomic E-state index is 10.1. The summed E-state index contributed by atoms with van der Waals surface area (Å²) in [6, 6.07) is 8.48. The largest absolute Gasteiger partial charge is 0.392 e. The molecule has 1 atom stereocenters. The van der Waals surface area contributed by atoms with Crippen LogP contribution in [0.4, 0.5) is 0 Å². The first-order valence-electron chi connectivity index (χ1n) is 7.51. The van der Waals surface area contributed by atoms with Crippen LogP contribution >= 0.6 is 0 Å². The molecule has 1 aromatic carbocycles. The molecule has 1 heterocycles. The SMILES string of the molecule is CC(C)(C)C(O)Cc1nc(C2Cc3ccccc3C2)no1. The van der Waals surface area contributed by atoms with E-state index in [9.17, 15) is 5.11 Å². The van der Waals surface area contributed by atoms with E-state index in [-0.39, 0.29) is 5.41 Å². The van der Waals surface area contributed by atoms with Gasteiger partial charge in [-0.25, -0.2) is 0 Å². The van der Waals surface area contributed by atoms with Crippen LogP contribution in [0, 0.1) is 5.41 Å². The first-order valence-corrected chi connectivity index (χ1v) is 7.51. The second-order valence-electron chi connectivity index (χ2n) is 7.01. The molecule has 1 aliphatic rings. The van der Waals surface area contributed by atoms with Crippen LogP contribution in [-0.4, -0.2) is 21.4 Å². The van der Waals surface area contributed by atoms with Crippen molar-refractivity contribution in [3.63, 3.8) is 0 Å². The fourth-order valence-corrected chi connectivity index (χ4v) is 2.73. The van der Waals surface area contributed by atoms with E-state index in [1.54, 1.807) is 0 Å². The van der Waals surface area contributed by atoms with Crippen molar-refractivity contribution in [2.45, 2.75) is 52.1 Å². The summed E-state index contributed by atoms with van der Waals surface area (Å²) >= 11 is 0. The van der Waals surface area contributed by atoms with Gasteiger partial charge in [-0.1, -0.05) is 50.2 Å². The van der Waals surface area contributed by atoms with Crippen molar-refractivity contribution < 1.29 is 9.63 Å². The van der Waals surface area contributed by atoms with E-state index in [1.165, 1.54) is 11.1 Å². The zero-order valence-electron chi connectivity index (χ0n) is 12.8. The van der Waals surface area contributed by atoms with Crippen molar-refractivity contribution in [1.29, 1.82) is 0 Å². The maximum Gasteiger partial charge on any atom is 0.229 e. The Morgan fingerprint density at radius 1 is 1.24 bits per heavy atom. The number of aromatic nitrogens is 2. The van der Waals surface area contributed by atoms with Crippen LogP contribution in [0.15, 0.2) is 28.8 Å². The van der Waals surface area contributed by atoms with Crippen molar-refractivity contribution in [3.05, 3.63) is 47.1 Å². The lowest BCUT2D eigenvalue weighted by atomic mass is 9.87. The second-order valence-corrected chi connectivity index (χ2v) is 7.01. The van der Waals surface area contributed by atoms with Crippen LogP contribution in [0.3, 0.4) is 0 Å². The smallest absolute Gasteiger partial charge is 0.229 e. The third-order valence-corrected chi connectivity index (χ3v) is 4.27. The van der Waals surface area contributed by atoms with Gasteiger partial charge in [0.25, 0.3) is 0 Å². The molecule has 0 saturated carbocycles. The fraction of sp³-hybridized carbons (Fsp3) is 0.529. The third kappa shape index (κ3) is 3.00. The molecule has 1 aromatic heterocycles. The van der Waals surface area contributed by atoms with Gasteiger partial charge in [0.15, 0.2) is 5.82 Å². The Labute approximate surface area is 125 Å².